The predicted octanol–water partition coefficient (Wildman–Crippen LogP) is 1.64. The Morgan fingerprint density at radius 2 is 2.43 bits per heavy atom. The lowest BCUT2D eigenvalue weighted by atomic mass is 10.3. The highest BCUT2D eigenvalue weighted by molar-refractivity contribution is 7.11. The summed E-state index contributed by atoms with van der Waals surface area (Å²) < 4.78 is 5.79. The van der Waals surface area contributed by atoms with Crippen LogP contribution in [0.4, 0.5) is 0 Å². The molecule has 1 saturated heterocycles. The van der Waals surface area contributed by atoms with Crippen LogP contribution >= 0.6 is 11.3 Å². The molecule has 0 saturated carbocycles. The zero-order chi connectivity index (χ0) is 9.97. The van der Waals surface area contributed by atoms with Crippen LogP contribution in [-0.4, -0.2) is 24.2 Å². The van der Waals surface area contributed by atoms with Crippen molar-refractivity contribution in [2.75, 3.05) is 13.1 Å². The van der Waals surface area contributed by atoms with Crippen LogP contribution in [0.25, 0.3) is 0 Å². The summed E-state index contributed by atoms with van der Waals surface area (Å²) in [4.78, 5) is 5.65. The van der Waals surface area contributed by atoms with Gasteiger partial charge in [-0.25, -0.2) is 4.98 Å². The number of aryl methyl sites for hydroxylation is 2. The van der Waals surface area contributed by atoms with Gasteiger partial charge < -0.3 is 10.1 Å². The molecule has 0 aromatic carbocycles. The molecule has 1 atom stereocenters. The molecular formula is C10H16N2OS. The average molecular weight is 212 g/mol. The molecule has 1 aliphatic heterocycles. The summed E-state index contributed by atoms with van der Waals surface area (Å²) in [6.45, 7) is 6.90. The van der Waals surface area contributed by atoms with E-state index in [-0.39, 0.29) is 0 Å². The largest absolute Gasteiger partial charge is 0.371 e. The zero-order valence-electron chi connectivity index (χ0n) is 8.67. The van der Waals surface area contributed by atoms with Crippen molar-refractivity contribution in [1.82, 2.24) is 10.3 Å². The summed E-state index contributed by atoms with van der Waals surface area (Å²) in [6.07, 6.45) is 1.54. The van der Waals surface area contributed by atoms with Gasteiger partial charge in [0, 0.05) is 6.54 Å². The maximum absolute atomic E-state index is 5.79. The number of nitrogens with zero attached hydrogens (tertiary/aromatic N) is 1. The molecule has 0 aliphatic carbocycles. The monoisotopic (exact) mass is 212 g/mol. The smallest absolute Gasteiger partial charge is 0.0900 e. The molecule has 0 radical (unpaired) electrons. The van der Waals surface area contributed by atoms with Crippen LogP contribution in [0.5, 0.6) is 0 Å². The molecule has 4 heteroatoms. The zero-order valence-corrected chi connectivity index (χ0v) is 9.49. The summed E-state index contributed by atoms with van der Waals surface area (Å²) in [5, 5.41) is 4.42. The number of aromatic nitrogens is 1. The second-order valence-corrected chi connectivity index (χ2v) is 4.96. The van der Waals surface area contributed by atoms with Crippen molar-refractivity contribution in [1.29, 1.82) is 0 Å². The van der Waals surface area contributed by atoms with Crippen LogP contribution in [0.15, 0.2) is 0 Å². The second kappa shape index (κ2) is 4.38. The van der Waals surface area contributed by atoms with Gasteiger partial charge in [0.15, 0.2) is 0 Å². The molecule has 0 spiro atoms. The minimum atomic E-state index is 0.400. The van der Waals surface area contributed by atoms with E-state index in [1.807, 2.05) is 6.92 Å². The molecule has 0 unspecified atom stereocenters. The van der Waals surface area contributed by atoms with E-state index in [2.05, 4.69) is 17.2 Å². The van der Waals surface area contributed by atoms with Crippen LogP contribution in [-0.2, 0) is 11.3 Å². The van der Waals surface area contributed by atoms with E-state index < -0.39 is 0 Å². The average Bonchev–Trinajstić information content (AvgIpc) is 2.72. The number of ether oxygens (including phenoxy) is 1. The van der Waals surface area contributed by atoms with Gasteiger partial charge in [0.05, 0.1) is 28.3 Å². The Morgan fingerprint density at radius 3 is 3.00 bits per heavy atom. The van der Waals surface area contributed by atoms with E-state index in [1.54, 1.807) is 11.3 Å². The molecule has 0 bridgehead atoms. The topological polar surface area (TPSA) is 34.1 Å². The van der Waals surface area contributed by atoms with Gasteiger partial charge in [0.1, 0.15) is 0 Å². The highest BCUT2D eigenvalue weighted by atomic mass is 32.1. The molecule has 1 N–H and O–H groups in total. The number of thiazole rings is 1. The third kappa shape index (κ3) is 2.32. The van der Waals surface area contributed by atoms with Gasteiger partial charge in [0.2, 0.25) is 0 Å². The summed E-state index contributed by atoms with van der Waals surface area (Å²) in [6, 6.07) is 0. The molecule has 2 heterocycles. The molecule has 1 aliphatic rings. The van der Waals surface area contributed by atoms with Crippen LogP contribution in [0.3, 0.4) is 0 Å². The van der Waals surface area contributed by atoms with E-state index in [4.69, 9.17) is 4.74 Å². The standard InChI is InChI=1S/C10H16N2OS/c1-7-10(14-8(2)12-7)6-13-9-3-4-11-5-9/h9,11H,3-6H2,1-2H3/t9-/m0/s1. The van der Waals surface area contributed by atoms with Crippen molar-refractivity contribution < 1.29 is 4.74 Å². The number of nitrogens with one attached hydrogen (secondary N) is 1. The van der Waals surface area contributed by atoms with Crippen LogP contribution in [0.2, 0.25) is 0 Å². The maximum Gasteiger partial charge on any atom is 0.0900 e. The summed E-state index contributed by atoms with van der Waals surface area (Å²) >= 11 is 1.74. The van der Waals surface area contributed by atoms with Gasteiger partial charge >= 0.3 is 0 Å². The SMILES string of the molecule is Cc1nc(C)c(CO[C@H]2CCNC2)s1. The number of hydrogen-bond acceptors (Lipinski definition) is 4. The van der Waals surface area contributed by atoms with Crippen molar-refractivity contribution in [2.45, 2.75) is 33.0 Å². The van der Waals surface area contributed by atoms with E-state index in [1.165, 1.54) is 4.88 Å². The number of hydrogen-bond donors (Lipinski definition) is 1. The van der Waals surface area contributed by atoms with E-state index >= 15 is 0 Å². The van der Waals surface area contributed by atoms with Gasteiger partial charge in [-0.1, -0.05) is 0 Å². The third-order valence-corrected chi connectivity index (χ3v) is 3.51. The third-order valence-electron chi connectivity index (χ3n) is 2.46. The van der Waals surface area contributed by atoms with Gasteiger partial charge in [-0.05, 0) is 26.8 Å². The Balaban J connectivity index is 1.87. The quantitative estimate of drug-likeness (QED) is 0.827. The normalized spacial score (nSPS) is 21.7. The predicted molar refractivity (Wildman–Crippen MR) is 57.7 cm³/mol. The summed E-state index contributed by atoms with van der Waals surface area (Å²) in [5.41, 5.74) is 1.12. The van der Waals surface area contributed by atoms with Crippen molar-refractivity contribution in [3.63, 3.8) is 0 Å². The Labute approximate surface area is 88.5 Å². The minimum Gasteiger partial charge on any atom is -0.371 e. The first kappa shape index (κ1) is 10.1. The van der Waals surface area contributed by atoms with Crippen LogP contribution in [0, 0.1) is 13.8 Å². The summed E-state index contributed by atoms with van der Waals surface area (Å²) in [7, 11) is 0. The second-order valence-electron chi connectivity index (χ2n) is 3.67. The lowest BCUT2D eigenvalue weighted by Gasteiger charge is -2.08. The van der Waals surface area contributed by atoms with Crippen molar-refractivity contribution in [3.05, 3.63) is 15.6 Å². The van der Waals surface area contributed by atoms with Crippen molar-refractivity contribution in [2.24, 2.45) is 0 Å². The summed E-state index contributed by atoms with van der Waals surface area (Å²) in [5.74, 6) is 0. The van der Waals surface area contributed by atoms with Crippen molar-refractivity contribution >= 4 is 11.3 Å². The molecule has 1 aromatic rings. The van der Waals surface area contributed by atoms with Crippen LogP contribution < -0.4 is 5.32 Å². The van der Waals surface area contributed by atoms with Gasteiger partial charge in [-0.3, -0.25) is 0 Å². The fourth-order valence-corrected chi connectivity index (χ4v) is 2.53. The highest BCUT2D eigenvalue weighted by Gasteiger charge is 2.15. The lowest BCUT2D eigenvalue weighted by molar-refractivity contribution is 0.0555. The molecule has 14 heavy (non-hydrogen) atoms. The lowest BCUT2D eigenvalue weighted by Crippen LogP contribution is -2.16. The minimum absolute atomic E-state index is 0.400. The van der Waals surface area contributed by atoms with Gasteiger partial charge in [-0.2, -0.15) is 0 Å². The fourth-order valence-electron chi connectivity index (χ4n) is 1.67. The number of rotatable bonds is 3. The molecule has 2 rings (SSSR count). The van der Waals surface area contributed by atoms with Gasteiger partial charge in [0.25, 0.3) is 0 Å². The molecule has 1 aromatic heterocycles. The molecular weight excluding hydrogens is 196 g/mol. The Kier molecular flexibility index (Phi) is 3.15. The van der Waals surface area contributed by atoms with E-state index in [0.717, 1.165) is 36.8 Å². The molecule has 0 amide bonds. The molecule has 78 valence electrons. The Morgan fingerprint density at radius 1 is 1.57 bits per heavy atom. The fraction of sp³-hybridized carbons (Fsp3) is 0.700. The van der Waals surface area contributed by atoms with E-state index in [9.17, 15) is 0 Å². The van der Waals surface area contributed by atoms with Gasteiger partial charge in [-0.15, -0.1) is 11.3 Å². The first-order valence-electron chi connectivity index (χ1n) is 5.01. The van der Waals surface area contributed by atoms with Crippen LogP contribution in [0.1, 0.15) is 22.0 Å². The highest BCUT2D eigenvalue weighted by Crippen LogP contribution is 2.19. The van der Waals surface area contributed by atoms with E-state index in [0.29, 0.717) is 6.10 Å². The first-order valence-corrected chi connectivity index (χ1v) is 5.82. The first-order chi connectivity index (χ1) is 6.75. The molecule has 3 nitrogen and oxygen atoms in total. The molecule has 1 fully saturated rings. The van der Waals surface area contributed by atoms with Crippen molar-refractivity contribution in [3.8, 4) is 0 Å². The Hall–Kier alpha value is -0.450. The Bertz CT molecular complexity index is 305. The maximum atomic E-state index is 5.79.